The molecule has 5 heteroatoms. The summed E-state index contributed by atoms with van der Waals surface area (Å²) in [6.07, 6.45) is 0. The molecule has 2 N–H and O–H groups in total. The summed E-state index contributed by atoms with van der Waals surface area (Å²) in [5.41, 5.74) is 4.87. The Bertz CT molecular complexity index is 444. The Hall–Kier alpha value is -1.33. The van der Waals surface area contributed by atoms with Crippen molar-refractivity contribution in [2.75, 3.05) is 13.2 Å². The molecule has 0 saturated carbocycles. The highest BCUT2D eigenvalue weighted by Crippen LogP contribution is 2.31. The molecule has 17 heavy (non-hydrogen) atoms. The van der Waals surface area contributed by atoms with Crippen molar-refractivity contribution in [1.29, 1.82) is 0 Å². The van der Waals surface area contributed by atoms with Crippen LogP contribution in [0.2, 0.25) is 0 Å². The normalized spacial score (nSPS) is 28.4. The maximum Gasteiger partial charge on any atom is 0.172 e. The number of Topliss-reactive ketones (excluding diaryl/α,β-unsaturated/α-hetero) is 1. The third kappa shape index (κ3) is 2.08. The Morgan fingerprint density at radius 1 is 1.41 bits per heavy atom. The van der Waals surface area contributed by atoms with Crippen molar-refractivity contribution in [2.24, 2.45) is 11.1 Å². The number of hydrogen-bond acceptors (Lipinski definition) is 3. The summed E-state index contributed by atoms with van der Waals surface area (Å²) in [5.74, 6) is -1.94. The van der Waals surface area contributed by atoms with Crippen LogP contribution in [0.3, 0.4) is 0 Å². The Morgan fingerprint density at radius 3 is 2.47 bits per heavy atom. The summed E-state index contributed by atoms with van der Waals surface area (Å²) in [6.45, 7) is 2.10. The number of ether oxygens (including phenoxy) is 1. The summed E-state index contributed by atoms with van der Waals surface area (Å²) in [6, 6.07) is 2.30. The van der Waals surface area contributed by atoms with E-state index in [4.69, 9.17) is 10.5 Å². The van der Waals surface area contributed by atoms with Crippen LogP contribution in [-0.4, -0.2) is 25.0 Å². The van der Waals surface area contributed by atoms with Gasteiger partial charge in [0.1, 0.15) is 11.6 Å². The maximum absolute atomic E-state index is 13.0. The lowest BCUT2D eigenvalue weighted by atomic mass is 9.78. The highest BCUT2D eigenvalue weighted by molar-refractivity contribution is 6.01. The lowest BCUT2D eigenvalue weighted by molar-refractivity contribution is 0.0766. The summed E-state index contributed by atoms with van der Waals surface area (Å²) in [4.78, 5) is 12.2. The van der Waals surface area contributed by atoms with E-state index in [0.29, 0.717) is 0 Å². The van der Waals surface area contributed by atoms with Crippen molar-refractivity contribution in [1.82, 2.24) is 0 Å². The zero-order valence-electron chi connectivity index (χ0n) is 9.37. The molecule has 0 spiro atoms. The Balaban J connectivity index is 2.37. The predicted molar refractivity (Wildman–Crippen MR) is 57.6 cm³/mol. The maximum atomic E-state index is 13.0. The topological polar surface area (TPSA) is 52.3 Å². The van der Waals surface area contributed by atoms with E-state index in [-0.39, 0.29) is 24.6 Å². The van der Waals surface area contributed by atoms with Gasteiger partial charge in [0.05, 0.1) is 18.6 Å². The van der Waals surface area contributed by atoms with Crippen molar-refractivity contribution < 1.29 is 18.3 Å². The molecule has 0 amide bonds. The van der Waals surface area contributed by atoms with Crippen molar-refractivity contribution >= 4 is 5.78 Å². The van der Waals surface area contributed by atoms with Gasteiger partial charge >= 0.3 is 0 Å². The van der Waals surface area contributed by atoms with E-state index in [1.165, 1.54) is 0 Å². The standard InChI is InChI=1S/C12H13F2NO2/c1-12(6-17-5-10(12)15)11(16)7-2-8(13)4-9(14)3-7/h2-4,10H,5-6,15H2,1H3. The molecular formula is C12H13F2NO2. The minimum absolute atomic E-state index is 0.00838. The molecule has 2 rings (SSSR count). The molecule has 1 aromatic rings. The molecule has 2 unspecified atom stereocenters. The van der Waals surface area contributed by atoms with Crippen LogP contribution >= 0.6 is 0 Å². The zero-order chi connectivity index (χ0) is 12.6. The SMILES string of the molecule is CC1(C(=O)c2cc(F)cc(F)c2)COCC1N. The monoisotopic (exact) mass is 241 g/mol. The minimum atomic E-state index is -0.916. The molecule has 1 aliphatic heterocycles. The van der Waals surface area contributed by atoms with Crippen molar-refractivity contribution in [3.05, 3.63) is 35.4 Å². The second kappa shape index (κ2) is 4.16. The fraction of sp³-hybridized carbons (Fsp3) is 0.417. The van der Waals surface area contributed by atoms with Crippen molar-refractivity contribution in [3.8, 4) is 0 Å². The molecule has 0 aromatic heterocycles. The average Bonchev–Trinajstić information content (AvgIpc) is 2.58. The van der Waals surface area contributed by atoms with Gasteiger partial charge in [0.25, 0.3) is 0 Å². The summed E-state index contributed by atoms with van der Waals surface area (Å²) in [7, 11) is 0. The first-order valence-corrected chi connectivity index (χ1v) is 5.28. The number of rotatable bonds is 2. The van der Waals surface area contributed by atoms with Gasteiger partial charge in [0.2, 0.25) is 0 Å². The number of nitrogens with two attached hydrogens (primary N) is 1. The minimum Gasteiger partial charge on any atom is -0.379 e. The molecule has 92 valence electrons. The van der Waals surface area contributed by atoms with E-state index in [2.05, 4.69) is 0 Å². The molecule has 1 aliphatic rings. The molecule has 0 aliphatic carbocycles. The van der Waals surface area contributed by atoms with Gasteiger partial charge in [0, 0.05) is 17.7 Å². The first-order valence-electron chi connectivity index (χ1n) is 5.28. The number of hydrogen-bond donors (Lipinski definition) is 1. The highest BCUT2D eigenvalue weighted by Gasteiger charge is 2.44. The molecule has 1 saturated heterocycles. The van der Waals surface area contributed by atoms with E-state index < -0.39 is 23.1 Å². The van der Waals surface area contributed by atoms with Crippen molar-refractivity contribution in [3.63, 3.8) is 0 Å². The summed E-state index contributed by atoms with van der Waals surface area (Å²) >= 11 is 0. The highest BCUT2D eigenvalue weighted by atomic mass is 19.1. The van der Waals surface area contributed by atoms with Gasteiger partial charge in [-0.1, -0.05) is 0 Å². The van der Waals surface area contributed by atoms with Gasteiger partial charge in [-0.25, -0.2) is 8.78 Å². The van der Waals surface area contributed by atoms with Gasteiger partial charge in [-0.3, -0.25) is 4.79 Å². The molecule has 0 radical (unpaired) electrons. The number of benzene rings is 1. The van der Waals surface area contributed by atoms with Crippen LogP contribution in [0, 0.1) is 17.0 Å². The molecule has 0 bridgehead atoms. The quantitative estimate of drug-likeness (QED) is 0.798. The smallest absolute Gasteiger partial charge is 0.172 e. The number of halogens is 2. The third-order valence-corrected chi connectivity index (χ3v) is 3.16. The fourth-order valence-corrected chi connectivity index (χ4v) is 1.94. The predicted octanol–water partition coefficient (Wildman–Crippen LogP) is 1.51. The van der Waals surface area contributed by atoms with Gasteiger partial charge in [-0.2, -0.15) is 0 Å². The summed E-state index contributed by atoms with van der Waals surface area (Å²) in [5, 5.41) is 0. The van der Waals surface area contributed by atoms with Crippen molar-refractivity contribution in [2.45, 2.75) is 13.0 Å². The first kappa shape index (κ1) is 12.1. The molecular weight excluding hydrogens is 228 g/mol. The zero-order valence-corrected chi connectivity index (χ0v) is 9.37. The van der Waals surface area contributed by atoms with Crippen LogP contribution in [0.25, 0.3) is 0 Å². The fourth-order valence-electron chi connectivity index (χ4n) is 1.94. The van der Waals surface area contributed by atoms with E-state index in [0.717, 1.165) is 18.2 Å². The Labute approximate surface area is 97.6 Å². The number of carbonyl (C=O) groups is 1. The van der Waals surface area contributed by atoms with E-state index in [1.54, 1.807) is 6.92 Å². The number of carbonyl (C=O) groups excluding carboxylic acids is 1. The van der Waals surface area contributed by atoms with Crippen LogP contribution in [0.15, 0.2) is 18.2 Å². The van der Waals surface area contributed by atoms with Gasteiger partial charge in [-0.05, 0) is 19.1 Å². The van der Waals surface area contributed by atoms with Gasteiger partial charge < -0.3 is 10.5 Å². The van der Waals surface area contributed by atoms with E-state index in [1.807, 2.05) is 0 Å². The lowest BCUT2D eigenvalue weighted by Crippen LogP contribution is -2.44. The first-order chi connectivity index (χ1) is 7.93. The number of ketones is 1. The average molecular weight is 241 g/mol. The van der Waals surface area contributed by atoms with Crippen LogP contribution in [0.1, 0.15) is 17.3 Å². The Kier molecular flexibility index (Phi) is 2.97. The van der Waals surface area contributed by atoms with Crippen LogP contribution in [-0.2, 0) is 4.74 Å². The summed E-state index contributed by atoms with van der Waals surface area (Å²) < 4.78 is 31.2. The molecule has 3 nitrogen and oxygen atoms in total. The van der Waals surface area contributed by atoms with Crippen LogP contribution < -0.4 is 5.73 Å². The lowest BCUT2D eigenvalue weighted by Gasteiger charge is -2.25. The molecule has 1 heterocycles. The molecule has 2 atom stereocenters. The Morgan fingerprint density at radius 2 is 2.00 bits per heavy atom. The second-order valence-electron chi connectivity index (χ2n) is 4.53. The van der Waals surface area contributed by atoms with Crippen LogP contribution in [0.4, 0.5) is 8.78 Å². The van der Waals surface area contributed by atoms with Gasteiger partial charge in [0.15, 0.2) is 5.78 Å². The second-order valence-corrected chi connectivity index (χ2v) is 4.53. The van der Waals surface area contributed by atoms with Gasteiger partial charge in [-0.15, -0.1) is 0 Å². The van der Waals surface area contributed by atoms with E-state index >= 15 is 0 Å². The van der Waals surface area contributed by atoms with E-state index in [9.17, 15) is 13.6 Å². The molecule has 1 fully saturated rings. The third-order valence-electron chi connectivity index (χ3n) is 3.16. The van der Waals surface area contributed by atoms with Crippen LogP contribution in [0.5, 0.6) is 0 Å². The largest absolute Gasteiger partial charge is 0.379 e. The molecule has 1 aromatic carbocycles.